The topological polar surface area (TPSA) is 110 Å². The van der Waals surface area contributed by atoms with Gasteiger partial charge in [0.25, 0.3) is 0 Å². The van der Waals surface area contributed by atoms with Crippen LogP contribution >= 0.6 is 0 Å². The molecule has 4 aromatic heterocycles. The average Bonchev–Trinajstić information content (AvgIpc) is 3.70. The van der Waals surface area contributed by atoms with E-state index in [0.717, 1.165) is 37.2 Å². The van der Waals surface area contributed by atoms with Crippen LogP contribution in [0, 0.1) is 24.6 Å². The van der Waals surface area contributed by atoms with Crippen LogP contribution in [0.2, 0.25) is 0 Å². The van der Waals surface area contributed by atoms with Gasteiger partial charge < -0.3 is 15.0 Å². The minimum atomic E-state index is -0.487. The normalized spacial score (nSPS) is 20.0. The van der Waals surface area contributed by atoms with Crippen molar-refractivity contribution >= 4 is 34.1 Å². The van der Waals surface area contributed by atoms with Gasteiger partial charge in [0, 0.05) is 43.0 Å². The number of fused-ring (bicyclic) bond motifs is 3. The lowest BCUT2D eigenvalue weighted by Crippen LogP contribution is -2.27. The molecule has 3 atom stereocenters. The van der Waals surface area contributed by atoms with Crippen molar-refractivity contribution in [3.63, 3.8) is 0 Å². The third-order valence-corrected chi connectivity index (χ3v) is 8.16. The Labute approximate surface area is 234 Å². The van der Waals surface area contributed by atoms with Crippen LogP contribution in [0.1, 0.15) is 30.0 Å². The Morgan fingerprint density at radius 1 is 1.10 bits per heavy atom. The molecular weight excluding hydrogens is 523 g/mol. The van der Waals surface area contributed by atoms with Gasteiger partial charge in [-0.15, -0.1) is 0 Å². The summed E-state index contributed by atoms with van der Waals surface area (Å²) in [6.45, 7) is 7.00. The fourth-order valence-electron chi connectivity index (χ4n) is 6.11. The average molecular weight is 551 g/mol. The lowest BCUT2D eigenvalue weighted by molar-refractivity contribution is -0.125. The van der Waals surface area contributed by atoms with E-state index in [9.17, 15) is 4.79 Å². The van der Waals surface area contributed by atoms with Crippen LogP contribution in [0.3, 0.4) is 0 Å². The molecule has 0 bridgehead atoms. The Morgan fingerprint density at radius 2 is 1.93 bits per heavy atom. The Morgan fingerprint density at radius 3 is 2.73 bits per heavy atom. The van der Waals surface area contributed by atoms with E-state index in [0.29, 0.717) is 45.8 Å². The zero-order valence-corrected chi connectivity index (χ0v) is 22.4. The molecule has 1 N–H and O–H groups in total. The summed E-state index contributed by atoms with van der Waals surface area (Å²) in [5, 5.41) is 7.21. The number of aromatic nitrogens is 6. The van der Waals surface area contributed by atoms with Crippen molar-refractivity contribution in [3.05, 3.63) is 85.0 Å². The smallest absolute Gasteiger partial charge is 0.245 e. The molecule has 1 aliphatic carbocycles. The second kappa shape index (κ2) is 9.92. The van der Waals surface area contributed by atoms with E-state index in [1.165, 1.54) is 24.8 Å². The third-order valence-electron chi connectivity index (χ3n) is 8.16. The van der Waals surface area contributed by atoms with Gasteiger partial charge in [-0.1, -0.05) is 6.58 Å². The van der Waals surface area contributed by atoms with Crippen molar-refractivity contribution in [1.29, 1.82) is 0 Å². The summed E-state index contributed by atoms with van der Waals surface area (Å²) in [7, 11) is 0. The van der Waals surface area contributed by atoms with Gasteiger partial charge in [-0.05, 0) is 67.5 Å². The van der Waals surface area contributed by atoms with Gasteiger partial charge in [-0.3, -0.25) is 4.79 Å². The van der Waals surface area contributed by atoms with E-state index in [1.807, 2.05) is 24.0 Å². The first-order valence-corrected chi connectivity index (χ1v) is 13.5. The lowest BCUT2D eigenvalue weighted by Gasteiger charge is -2.18. The van der Waals surface area contributed by atoms with Gasteiger partial charge in [0.1, 0.15) is 35.5 Å². The van der Waals surface area contributed by atoms with Gasteiger partial charge in [0.15, 0.2) is 11.5 Å². The summed E-state index contributed by atoms with van der Waals surface area (Å²) >= 11 is 0. The number of rotatable bonds is 6. The fraction of sp³-hybridized carbons (Fsp3) is 0.267. The molecule has 206 valence electrons. The fourth-order valence-corrected chi connectivity index (χ4v) is 6.11. The molecule has 1 aliphatic heterocycles. The lowest BCUT2D eigenvalue weighted by atomic mass is 10.0. The number of anilines is 2. The molecule has 5 heterocycles. The quantitative estimate of drug-likeness (QED) is 0.288. The van der Waals surface area contributed by atoms with Crippen LogP contribution in [0.4, 0.5) is 15.9 Å². The zero-order valence-electron chi connectivity index (χ0n) is 22.4. The van der Waals surface area contributed by atoms with E-state index in [2.05, 4.69) is 31.9 Å². The number of aryl methyl sites for hydroxylation is 1. The summed E-state index contributed by atoms with van der Waals surface area (Å²) in [5.74, 6) is 2.08. The first kappa shape index (κ1) is 25.1. The summed E-state index contributed by atoms with van der Waals surface area (Å²) in [4.78, 5) is 31.8. The Kier molecular flexibility index (Phi) is 6.06. The molecule has 1 saturated heterocycles. The number of nitrogens with zero attached hydrogens (tertiary/aromatic N) is 7. The van der Waals surface area contributed by atoms with Gasteiger partial charge in [0.05, 0.1) is 11.2 Å². The molecule has 1 saturated carbocycles. The first-order chi connectivity index (χ1) is 19.9. The highest BCUT2D eigenvalue weighted by molar-refractivity contribution is 5.88. The number of ether oxygens (including phenoxy) is 1. The molecular formula is C30H27FN8O2. The predicted octanol–water partition coefficient (Wildman–Crippen LogP) is 5.19. The maximum Gasteiger partial charge on any atom is 0.245 e. The number of nitrogens with one attached hydrogen (secondary N) is 1. The number of pyridine rings is 2. The van der Waals surface area contributed by atoms with Crippen molar-refractivity contribution in [1.82, 2.24) is 34.4 Å². The molecule has 11 heteroatoms. The van der Waals surface area contributed by atoms with Crippen LogP contribution in [0.15, 0.2) is 67.9 Å². The summed E-state index contributed by atoms with van der Waals surface area (Å²) in [5.41, 5.74) is 3.86. The van der Waals surface area contributed by atoms with E-state index >= 15 is 4.39 Å². The standard InChI is InChI=1S/C30H27FN8O2/c1-3-28(40)38-13-19-9-18(10-20(19)14-38)23-4-5-24-29(36-23)30(34-15-32-24)37-25-8-17(2)26(12-22(25)31)41-21-6-7-39-27(11-21)33-16-35-39/h3-8,11-12,15-16,18-20H,1,9-10,13-14H2,2H3,(H,32,34,37)/t18?,19-,20+. The Bertz CT molecular complexity index is 1810. The largest absolute Gasteiger partial charge is 0.457 e. The number of hydrogen-bond acceptors (Lipinski definition) is 8. The molecule has 2 fully saturated rings. The molecule has 0 spiro atoms. The van der Waals surface area contributed by atoms with Crippen LogP contribution in [-0.2, 0) is 4.79 Å². The van der Waals surface area contributed by atoms with Crippen LogP contribution in [-0.4, -0.2) is 53.4 Å². The number of benzene rings is 1. The molecule has 1 unspecified atom stereocenters. The highest BCUT2D eigenvalue weighted by atomic mass is 19.1. The molecule has 41 heavy (non-hydrogen) atoms. The number of amides is 1. The monoisotopic (exact) mass is 550 g/mol. The van der Waals surface area contributed by atoms with Crippen molar-refractivity contribution < 1.29 is 13.9 Å². The zero-order chi connectivity index (χ0) is 28.1. The van der Waals surface area contributed by atoms with Gasteiger partial charge in [-0.2, -0.15) is 5.10 Å². The first-order valence-electron chi connectivity index (χ1n) is 13.5. The van der Waals surface area contributed by atoms with Crippen LogP contribution < -0.4 is 10.1 Å². The van der Waals surface area contributed by atoms with E-state index in [4.69, 9.17) is 9.72 Å². The molecule has 7 rings (SSSR count). The van der Waals surface area contributed by atoms with E-state index in [-0.39, 0.29) is 17.5 Å². The number of likely N-dealkylation sites (tertiary alicyclic amines) is 1. The highest BCUT2D eigenvalue weighted by Crippen LogP contribution is 2.46. The van der Waals surface area contributed by atoms with Gasteiger partial charge >= 0.3 is 0 Å². The van der Waals surface area contributed by atoms with Crippen LogP contribution in [0.5, 0.6) is 11.5 Å². The van der Waals surface area contributed by atoms with Crippen molar-refractivity contribution in [3.8, 4) is 11.5 Å². The number of carbonyl (C=O) groups is 1. The third kappa shape index (κ3) is 4.62. The molecule has 1 aromatic carbocycles. The second-order valence-electron chi connectivity index (χ2n) is 10.7. The van der Waals surface area contributed by atoms with Crippen molar-refractivity contribution in [2.45, 2.75) is 25.7 Å². The molecule has 1 amide bonds. The predicted molar refractivity (Wildman–Crippen MR) is 151 cm³/mol. The van der Waals surface area contributed by atoms with Gasteiger partial charge in [-0.25, -0.2) is 28.8 Å². The Balaban J connectivity index is 1.12. The number of halogens is 1. The summed E-state index contributed by atoms with van der Waals surface area (Å²) in [6, 6.07) is 10.5. The van der Waals surface area contributed by atoms with E-state index in [1.54, 1.807) is 28.9 Å². The molecule has 2 aliphatic rings. The molecule has 5 aromatic rings. The van der Waals surface area contributed by atoms with Crippen molar-refractivity contribution in [2.75, 3.05) is 18.4 Å². The molecule has 10 nitrogen and oxygen atoms in total. The Hall–Kier alpha value is -4.93. The van der Waals surface area contributed by atoms with Crippen molar-refractivity contribution in [2.24, 2.45) is 11.8 Å². The summed E-state index contributed by atoms with van der Waals surface area (Å²) in [6.07, 6.45) is 7.97. The van der Waals surface area contributed by atoms with Gasteiger partial charge in [0.2, 0.25) is 5.91 Å². The number of carbonyl (C=O) groups excluding carboxylic acids is 1. The molecule has 0 radical (unpaired) electrons. The van der Waals surface area contributed by atoms with Crippen LogP contribution in [0.25, 0.3) is 16.7 Å². The number of hydrogen-bond donors (Lipinski definition) is 1. The minimum absolute atomic E-state index is 0.00286. The van der Waals surface area contributed by atoms with E-state index < -0.39 is 5.82 Å². The second-order valence-corrected chi connectivity index (χ2v) is 10.7. The SMILES string of the molecule is C=CC(=O)N1C[C@H]2CC(c3ccc4ncnc(Nc5cc(C)c(Oc6ccn7ncnc7c6)cc5F)c4n3)C[C@H]2C1. The summed E-state index contributed by atoms with van der Waals surface area (Å²) < 4.78 is 22.9. The maximum absolute atomic E-state index is 15.3. The minimum Gasteiger partial charge on any atom is -0.457 e. The highest BCUT2D eigenvalue weighted by Gasteiger charge is 2.42. The maximum atomic E-state index is 15.3.